The van der Waals surface area contributed by atoms with Crippen molar-refractivity contribution in [2.45, 2.75) is 59.4 Å². The average molecular weight is 324 g/mol. The monoisotopic (exact) mass is 324 g/mol. The van der Waals surface area contributed by atoms with Gasteiger partial charge in [-0.1, -0.05) is 41.0 Å². The van der Waals surface area contributed by atoms with Gasteiger partial charge in [0.05, 0.1) is 18.8 Å². The van der Waals surface area contributed by atoms with Crippen LogP contribution in [0.3, 0.4) is 0 Å². The van der Waals surface area contributed by atoms with E-state index < -0.39 is 26.1 Å². The first kappa shape index (κ1) is 19.1. The predicted octanol–water partition coefficient (Wildman–Crippen LogP) is 2.18. The Morgan fingerprint density at radius 2 is 1.57 bits per heavy atom. The van der Waals surface area contributed by atoms with Crippen molar-refractivity contribution in [1.82, 2.24) is 0 Å². The lowest BCUT2D eigenvalue weighted by molar-refractivity contribution is -0.144. The largest absolute Gasteiger partial charge is 0.472 e. The zero-order valence-corrected chi connectivity index (χ0v) is 14.4. The molecule has 1 aliphatic rings. The maximum absolute atomic E-state index is 12.0. The average Bonchev–Trinajstić information content (AvgIpc) is 2.45. The van der Waals surface area contributed by atoms with E-state index in [-0.39, 0.29) is 30.3 Å². The number of aliphatic hydroxyl groups is 2. The number of aliphatic hydroxyl groups excluding tert-OH is 2. The lowest BCUT2D eigenvalue weighted by Gasteiger charge is -2.44. The van der Waals surface area contributed by atoms with Gasteiger partial charge in [-0.3, -0.25) is 9.05 Å². The van der Waals surface area contributed by atoms with E-state index in [2.05, 4.69) is 0 Å². The van der Waals surface area contributed by atoms with E-state index in [0.717, 1.165) is 6.42 Å². The Labute approximate surface area is 127 Å². The van der Waals surface area contributed by atoms with Gasteiger partial charge in [-0.2, -0.15) is 0 Å². The van der Waals surface area contributed by atoms with Crippen LogP contribution in [0, 0.1) is 23.7 Å². The fraction of sp³-hybridized carbons (Fsp3) is 1.00. The molecule has 5 unspecified atom stereocenters. The Morgan fingerprint density at radius 1 is 1.10 bits per heavy atom. The molecule has 21 heavy (non-hydrogen) atoms. The number of phosphoric acid groups is 1. The molecule has 0 bridgehead atoms. The molecule has 0 aromatic heterocycles. The van der Waals surface area contributed by atoms with E-state index in [0.29, 0.717) is 0 Å². The highest BCUT2D eigenvalue weighted by atomic mass is 31.2. The Bertz CT molecular complexity index is 360. The van der Waals surface area contributed by atoms with Gasteiger partial charge < -0.3 is 15.1 Å². The second kappa shape index (κ2) is 7.53. The van der Waals surface area contributed by atoms with Gasteiger partial charge in [0.15, 0.2) is 0 Å². The minimum Gasteiger partial charge on any atom is -0.390 e. The summed E-state index contributed by atoms with van der Waals surface area (Å²) in [6.45, 7) is 9.58. The minimum atomic E-state index is -4.30. The number of hydrogen-bond acceptors (Lipinski definition) is 5. The van der Waals surface area contributed by atoms with Crippen LogP contribution in [0.5, 0.6) is 0 Å². The van der Waals surface area contributed by atoms with Crippen molar-refractivity contribution in [3.05, 3.63) is 0 Å². The summed E-state index contributed by atoms with van der Waals surface area (Å²) in [6.07, 6.45) is -2.29. The molecule has 1 rings (SSSR count). The van der Waals surface area contributed by atoms with E-state index in [1.165, 1.54) is 0 Å². The highest BCUT2D eigenvalue weighted by molar-refractivity contribution is 7.47. The van der Waals surface area contributed by atoms with Crippen molar-refractivity contribution >= 4 is 7.82 Å². The Balaban J connectivity index is 2.72. The van der Waals surface area contributed by atoms with Gasteiger partial charge in [0.1, 0.15) is 6.10 Å². The second-order valence-electron chi connectivity index (χ2n) is 6.41. The molecule has 1 aliphatic carbocycles. The first-order valence-electron chi connectivity index (χ1n) is 7.62. The second-order valence-corrected chi connectivity index (χ2v) is 7.81. The quantitative estimate of drug-likeness (QED) is 0.648. The Kier molecular flexibility index (Phi) is 6.84. The zero-order valence-electron chi connectivity index (χ0n) is 13.5. The van der Waals surface area contributed by atoms with Crippen LogP contribution in [0.1, 0.15) is 41.0 Å². The van der Waals surface area contributed by atoms with Crippen molar-refractivity contribution in [3.8, 4) is 0 Å². The van der Waals surface area contributed by atoms with Crippen molar-refractivity contribution < 1.29 is 28.7 Å². The number of hydrogen-bond donors (Lipinski definition) is 3. The zero-order chi connectivity index (χ0) is 16.4. The summed E-state index contributed by atoms with van der Waals surface area (Å²) in [6, 6.07) is 0. The van der Waals surface area contributed by atoms with Gasteiger partial charge in [-0.05, 0) is 23.7 Å². The Morgan fingerprint density at radius 3 is 2.00 bits per heavy atom. The molecule has 1 fully saturated rings. The third-order valence-electron chi connectivity index (χ3n) is 4.88. The van der Waals surface area contributed by atoms with Crippen LogP contribution in [0.15, 0.2) is 0 Å². The van der Waals surface area contributed by atoms with E-state index >= 15 is 0 Å². The van der Waals surface area contributed by atoms with Gasteiger partial charge in [0.25, 0.3) is 0 Å². The van der Waals surface area contributed by atoms with Crippen LogP contribution in [0.4, 0.5) is 0 Å². The lowest BCUT2D eigenvalue weighted by atomic mass is 9.70. The van der Waals surface area contributed by atoms with E-state index in [4.69, 9.17) is 9.05 Å². The molecule has 7 heteroatoms. The highest BCUT2D eigenvalue weighted by Gasteiger charge is 2.47. The third-order valence-corrected chi connectivity index (χ3v) is 5.87. The van der Waals surface area contributed by atoms with Crippen LogP contribution in [-0.2, 0) is 13.6 Å². The molecule has 1 saturated carbocycles. The van der Waals surface area contributed by atoms with Gasteiger partial charge >= 0.3 is 7.82 Å². The first-order valence-corrected chi connectivity index (χ1v) is 9.12. The summed E-state index contributed by atoms with van der Waals surface area (Å²) in [4.78, 5) is 9.77. The van der Waals surface area contributed by atoms with Crippen molar-refractivity contribution in [2.24, 2.45) is 23.7 Å². The Hall–Kier alpha value is 0.0300. The predicted molar refractivity (Wildman–Crippen MR) is 79.6 cm³/mol. The molecular formula is C14H29O6P. The van der Waals surface area contributed by atoms with Gasteiger partial charge in [0.2, 0.25) is 0 Å². The molecule has 0 saturated heterocycles. The molecule has 0 spiro atoms. The lowest BCUT2D eigenvalue weighted by Crippen LogP contribution is -2.54. The van der Waals surface area contributed by atoms with Crippen molar-refractivity contribution in [1.29, 1.82) is 0 Å². The minimum absolute atomic E-state index is 0.0916. The fourth-order valence-corrected chi connectivity index (χ4v) is 3.61. The summed E-state index contributed by atoms with van der Waals surface area (Å²) in [7, 11) is -4.30. The molecule has 0 aromatic rings. The highest BCUT2D eigenvalue weighted by Crippen LogP contribution is 2.49. The normalized spacial score (nSPS) is 41.5. The SMILES string of the molecule is CC[C@@H](C)COP(=O)(O)OC1C(O)C(C)C(C)C(C)C1O. The van der Waals surface area contributed by atoms with E-state index in [1.54, 1.807) is 0 Å². The van der Waals surface area contributed by atoms with Gasteiger partial charge in [0, 0.05) is 0 Å². The number of phosphoric ester groups is 1. The van der Waals surface area contributed by atoms with Gasteiger partial charge in [-0.15, -0.1) is 0 Å². The van der Waals surface area contributed by atoms with Gasteiger partial charge in [-0.25, -0.2) is 4.57 Å². The maximum atomic E-state index is 12.0. The molecule has 6 atom stereocenters. The maximum Gasteiger partial charge on any atom is 0.472 e. The first-order chi connectivity index (χ1) is 9.60. The topological polar surface area (TPSA) is 96.2 Å². The van der Waals surface area contributed by atoms with Crippen LogP contribution in [-0.4, -0.2) is 40.0 Å². The molecular weight excluding hydrogens is 295 g/mol. The van der Waals surface area contributed by atoms with E-state index in [1.807, 2.05) is 34.6 Å². The van der Waals surface area contributed by atoms with Crippen LogP contribution in [0.2, 0.25) is 0 Å². The summed E-state index contributed by atoms with van der Waals surface area (Å²) in [5, 5.41) is 20.4. The molecule has 0 radical (unpaired) electrons. The number of rotatable bonds is 6. The van der Waals surface area contributed by atoms with Crippen LogP contribution >= 0.6 is 7.82 Å². The summed E-state index contributed by atoms with van der Waals surface area (Å²) in [5.41, 5.74) is 0. The van der Waals surface area contributed by atoms with Crippen molar-refractivity contribution in [3.63, 3.8) is 0 Å². The molecule has 3 N–H and O–H groups in total. The molecule has 0 amide bonds. The van der Waals surface area contributed by atoms with Crippen LogP contribution in [0.25, 0.3) is 0 Å². The van der Waals surface area contributed by atoms with Crippen molar-refractivity contribution in [2.75, 3.05) is 6.61 Å². The summed E-state index contributed by atoms with van der Waals surface area (Å²) >= 11 is 0. The molecule has 6 nitrogen and oxygen atoms in total. The summed E-state index contributed by atoms with van der Waals surface area (Å²) < 4.78 is 22.0. The molecule has 0 heterocycles. The molecule has 126 valence electrons. The van der Waals surface area contributed by atoms with Crippen LogP contribution < -0.4 is 0 Å². The molecule has 0 aromatic carbocycles. The fourth-order valence-electron chi connectivity index (χ4n) is 2.55. The smallest absolute Gasteiger partial charge is 0.390 e. The van der Waals surface area contributed by atoms with E-state index in [9.17, 15) is 19.7 Å². The standard InChI is InChI=1S/C14H29O6P/c1-6-8(2)7-19-21(17,18)20-14-12(15)10(4)9(3)11(5)13(14)16/h8-16H,6-7H2,1-5H3,(H,17,18)/t8-,9?,10?,11?,12?,13?,14?/m1/s1. The summed E-state index contributed by atoms with van der Waals surface area (Å²) in [5.74, 6) is -0.0481. The third kappa shape index (κ3) is 4.75. The molecule has 0 aliphatic heterocycles.